The molecule has 0 aliphatic carbocycles. The molecule has 1 atom stereocenters. The van der Waals surface area contributed by atoms with Crippen LogP contribution in [0.4, 0.5) is 5.69 Å². The molecule has 1 unspecified atom stereocenters. The van der Waals surface area contributed by atoms with Crippen LogP contribution >= 0.6 is 23.4 Å². The molecule has 0 spiro atoms. The van der Waals surface area contributed by atoms with Crippen molar-refractivity contribution in [1.29, 1.82) is 0 Å². The van der Waals surface area contributed by atoms with E-state index >= 15 is 0 Å². The van der Waals surface area contributed by atoms with Crippen molar-refractivity contribution in [3.63, 3.8) is 0 Å². The van der Waals surface area contributed by atoms with Crippen LogP contribution in [0.3, 0.4) is 0 Å². The molecule has 0 radical (unpaired) electrons. The maximum atomic E-state index is 12.4. The van der Waals surface area contributed by atoms with Crippen LogP contribution in [0.15, 0.2) is 58.2 Å². The van der Waals surface area contributed by atoms with E-state index in [0.717, 1.165) is 11.3 Å². The van der Waals surface area contributed by atoms with E-state index < -0.39 is 5.25 Å². The number of aryl methyl sites for hydroxylation is 1. The van der Waals surface area contributed by atoms with Crippen LogP contribution < -0.4 is 10.1 Å². The summed E-state index contributed by atoms with van der Waals surface area (Å²) in [6.45, 7) is 3.86. The summed E-state index contributed by atoms with van der Waals surface area (Å²) in [5.41, 5.74) is 1.79. The first-order chi connectivity index (χ1) is 13.0. The van der Waals surface area contributed by atoms with Crippen LogP contribution in [0.5, 0.6) is 5.75 Å². The highest BCUT2D eigenvalue weighted by atomic mass is 35.5. The number of carbonyl (C=O) groups excluding carboxylic acids is 1. The summed E-state index contributed by atoms with van der Waals surface area (Å²) in [7, 11) is 0. The zero-order valence-electron chi connectivity index (χ0n) is 14.8. The van der Waals surface area contributed by atoms with Gasteiger partial charge in [-0.05, 0) is 49.7 Å². The number of anilines is 1. The first-order valence-corrected chi connectivity index (χ1v) is 9.51. The molecule has 8 heteroatoms. The topological polar surface area (TPSA) is 77.2 Å². The molecule has 0 aliphatic heterocycles. The van der Waals surface area contributed by atoms with Crippen molar-refractivity contribution < 1.29 is 13.9 Å². The van der Waals surface area contributed by atoms with Gasteiger partial charge in [0.15, 0.2) is 6.61 Å². The van der Waals surface area contributed by atoms with Gasteiger partial charge in [0, 0.05) is 10.7 Å². The summed E-state index contributed by atoms with van der Waals surface area (Å²) in [5.74, 6) is 0.850. The molecule has 0 saturated heterocycles. The second kappa shape index (κ2) is 8.92. The van der Waals surface area contributed by atoms with Gasteiger partial charge in [-0.25, -0.2) is 0 Å². The van der Waals surface area contributed by atoms with E-state index in [9.17, 15) is 4.79 Å². The Morgan fingerprint density at radius 3 is 2.70 bits per heavy atom. The SMILES string of the molecule is Cc1ccccc1NC(=O)C(C)Sc1nnc(COc2ccc(Cl)cc2)o1. The number of nitrogens with one attached hydrogen (secondary N) is 1. The maximum absolute atomic E-state index is 12.4. The lowest BCUT2D eigenvalue weighted by atomic mass is 10.2. The van der Waals surface area contributed by atoms with Gasteiger partial charge in [0.25, 0.3) is 11.1 Å². The van der Waals surface area contributed by atoms with E-state index in [4.69, 9.17) is 20.8 Å². The van der Waals surface area contributed by atoms with Crippen molar-refractivity contribution in [2.45, 2.75) is 30.9 Å². The number of thioether (sulfide) groups is 1. The van der Waals surface area contributed by atoms with E-state index in [-0.39, 0.29) is 12.5 Å². The summed E-state index contributed by atoms with van der Waals surface area (Å²) in [4.78, 5) is 12.4. The maximum Gasteiger partial charge on any atom is 0.277 e. The Hall–Kier alpha value is -2.51. The van der Waals surface area contributed by atoms with Gasteiger partial charge in [-0.15, -0.1) is 10.2 Å². The van der Waals surface area contributed by atoms with E-state index in [1.165, 1.54) is 11.8 Å². The molecule has 0 bridgehead atoms. The molecule has 6 nitrogen and oxygen atoms in total. The zero-order valence-corrected chi connectivity index (χ0v) is 16.4. The first-order valence-electron chi connectivity index (χ1n) is 8.25. The number of amides is 1. The molecule has 140 valence electrons. The minimum atomic E-state index is -0.393. The van der Waals surface area contributed by atoms with E-state index in [0.29, 0.717) is 21.9 Å². The summed E-state index contributed by atoms with van der Waals surface area (Å²) < 4.78 is 11.1. The summed E-state index contributed by atoms with van der Waals surface area (Å²) >= 11 is 7.03. The quantitative estimate of drug-likeness (QED) is 0.574. The number of ether oxygens (including phenoxy) is 1. The minimum absolute atomic E-state index is 0.133. The van der Waals surface area contributed by atoms with Crippen LogP contribution in [0.25, 0.3) is 0 Å². The number of para-hydroxylation sites is 1. The first kappa shape index (κ1) is 19.3. The molecule has 1 amide bonds. The van der Waals surface area contributed by atoms with E-state index in [1.807, 2.05) is 31.2 Å². The molecular formula is C19H18ClN3O3S. The average Bonchev–Trinajstić information content (AvgIpc) is 3.10. The predicted octanol–water partition coefficient (Wildman–Crippen LogP) is 4.73. The number of carbonyl (C=O) groups is 1. The second-order valence-corrected chi connectivity index (χ2v) is 7.50. The lowest BCUT2D eigenvalue weighted by molar-refractivity contribution is -0.115. The number of benzene rings is 2. The van der Waals surface area contributed by atoms with Crippen molar-refractivity contribution in [2.24, 2.45) is 0 Å². The van der Waals surface area contributed by atoms with Gasteiger partial charge >= 0.3 is 0 Å². The molecule has 1 aromatic heterocycles. The highest BCUT2D eigenvalue weighted by Gasteiger charge is 2.19. The van der Waals surface area contributed by atoms with Crippen molar-refractivity contribution in [3.8, 4) is 5.75 Å². The highest BCUT2D eigenvalue weighted by Crippen LogP contribution is 2.24. The molecule has 27 heavy (non-hydrogen) atoms. The fourth-order valence-corrected chi connectivity index (χ4v) is 3.00. The van der Waals surface area contributed by atoms with Gasteiger partial charge < -0.3 is 14.5 Å². The third-order valence-corrected chi connectivity index (χ3v) is 4.86. The van der Waals surface area contributed by atoms with Gasteiger partial charge in [-0.1, -0.05) is 41.6 Å². The Bertz CT molecular complexity index is 915. The Kier molecular flexibility index (Phi) is 6.36. The van der Waals surface area contributed by atoms with Crippen LogP contribution in [-0.2, 0) is 11.4 Å². The number of halogens is 1. The van der Waals surface area contributed by atoms with Gasteiger partial charge in [0.05, 0.1) is 5.25 Å². The van der Waals surface area contributed by atoms with Crippen LogP contribution in [0.1, 0.15) is 18.4 Å². The molecular weight excluding hydrogens is 386 g/mol. The fourth-order valence-electron chi connectivity index (χ4n) is 2.17. The molecule has 0 fully saturated rings. The largest absolute Gasteiger partial charge is 0.484 e. The number of rotatable bonds is 7. The Labute approximate surface area is 166 Å². The summed E-state index contributed by atoms with van der Waals surface area (Å²) in [6, 6.07) is 14.6. The number of nitrogens with zero attached hydrogens (tertiary/aromatic N) is 2. The lowest BCUT2D eigenvalue weighted by Crippen LogP contribution is -2.22. The van der Waals surface area contributed by atoms with Crippen molar-refractivity contribution in [2.75, 3.05) is 5.32 Å². The lowest BCUT2D eigenvalue weighted by Gasteiger charge is -2.11. The van der Waals surface area contributed by atoms with Crippen LogP contribution in [0, 0.1) is 6.92 Å². The fraction of sp³-hybridized carbons (Fsp3) is 0.211. The third kappa shape index (κ3) is 5.48. The number of hydrogen-bond donors (Lipinski definition) is 1. The minimum Gasteiger partial charge on any atom is -0.484 e. The molecule has 3 aromatic rings. The van der Waals surface area contributed by atoms with Crippen molar-refractivity contribution in [1.82, 2.24) is 10.2 Å². The van der Waals surface area contributed by atoms with Gasteiger partial charge in [0.1, 0.15) is 5.75 Å². The molecule has 1 N–H and O–H groups in total. The standard InChI is InChI=1S/C19H18ClN3O3S/c1-12-5-3-4-6-16(12)21-18(24)13(2)27-19-23-22-17(26-19)11-25-15-9-7-14(20)8-10-15/h3-10,13H,11H2,1-2H3,(H,21,24). The molecule has 0 aliphatic rings. The highest BCUT2D eigenvalue weighted by molar-refractivity contribution is 8.00. The smallest absolute Gasteiger partial charge is 0.277 e. The molecule has 0 saturated carbocycles. The Morgan fingerprint density at radius 2 is 1.96 bits per heavy atom. The van der Waals surface area contributed by atoms with Gasteiger partial charge in [-0.2, -0.15) is 0 Å². The van der Waals surface area contributed by atoms with Crippen LogP contribution in [-0.4, -0.2) is 21.4 Å². The molecule has 3 rings (SSSR count). The van der Waals surface area contributed by atoms with E-state index in [2.05, 4.69) is 15.5 Å². The third-order valence-electron chi connectivity index (χ3n) is 3.67. The predicted molar refractivity (Wildman–Crippen MR) is 105 cm³/mol. The average molecular weight is 404 g/mol. The normalized spacial score (nSPS) is 11.8. The van der Waals surface area contributed by atoms with E-state index in [1.54, 1.807) is 31.2 Å². The zero-order chi connectivity index (χ0) is 19.2. The van der Waals surface area contributed by atoms with Gasteiger partial charge in [-0.3, -0.25) is 4.79 Å². The van der Waals surface area contributed by atoms with Crippen LogP contribution in [0.2, 0.25) is 5.02 Å². The number of aromatic nitrogens is 2. The summed E-state index contributed by atoms with van der Waals surface area (Å²) in [6.07, 6.45) is 0. The molecule has 1 heterocycles. The Balaban J connectivity index is 1.52. The monoisotopic (exact) mass is 403 g/mol. The van der Waals surface area contributed by atoms with Crippen molar-refractivity contribution in [3.05, 3.63) is 65.0 Å². The summed E-state index contributed by atoms with van der Waals surface area (Å²) in [5, 5.41) is 11.4. The van der Waals surface area contributed by atoms with Gasteiger partial charge in [0.2, 0.25) is 5.91 Å². The second-order valence-electron chi connectivity index (χ2n) is 5.77. The molecule has 2 aromatic carbocycles. The number of hydrogen-bond acceptors (Lipinski definition) is 6. The van der Waals surface area contributed by atoms with Crippen molar-refractivity contribution >= 4 is 35.0 Å². The Morgan fingerprint density at radius 1 is 1.22 bits per heavy atom.